The third-order valence-electron chi connectivity index (χ3n) is 6.69. The monoisotopic (exact) mass is 370 g/mol. The largest absolute Gasteiger partial charge is 0.469 e. The Balaban J connectivity index is 2.82. The molecule has 0 amide bonds. The predicted molar refractivity (Wildman–Crippen MR) is 87.5 cm³/mol. The number of rotatable bonds is 5. The Morgan fingerprint density at radius 3 is 1.04 bits per heavy atom. The lowest BCUT2D eigenvalue weighted by molar-refractivity contribution is -0.170. The van der Waals surface area contributed by atoms with Crippen molar-refractivity contribution in [3.63, 3.8) is 0 Å². The van der Waals surface area contributed by atoms with Crippen LogP contribution in [0.5, 0.6) is 0 Å². The molecular formula is C18H26O8. The van der Waals surface area contributed by atoms with E-state index in [0.29, 0.717) is 0 Å². The highest BCUT2D eigenvalue weighted by atomic mass is 16.5. The lowest BCUT2D eigenvalue weighted by atomic mass is 9.73. The molecule has 0 bridgehead atoms. The fourth-order valence-electron chi connectivity index (χ4n) is 5.58. The summed E-state index contributed by atoms with van der Waals surface area (Å²) in [6.45, 7) is 6.72. The van der Waals surface area contributed by atoms with Gasteiger partial charge in [-0.25, -0.2) is 0 Å². The van der Waals surface area contributed by atoms with Gasteiger partial charge in [0.15, 0.2) is 0 Å². The zero-order valence-electron chi connectivity index (χ0n) is 16.4. The molecule has 0 spiro atoms. The number of methoxy groups -OCH3 is 4. The van der Waals surface area contributed by atoms with E-state index in [0.717, 1.165) is 0 Å². The van der Waals surface area contributed by atoms with E-state index in [1.807, 2.05) is 0 Å². The van der Waals surface area contributed by atoms with Crippen molar-refractivity contribution in [2.45, 2.75) is 27.7 Å². The van der Waals surface area contributed by atoms with Crippen molar-refractivity contribution >= 4 is 23.9 Å². The molecule has 2 aliphatic rings. The standard InChI is InChI=1S/C18H26O8/c1-15(2)9(11(19)23-5)17(15,13(21)25-7)18(14(22)26-8)10(12(20)24-6)16(18,3)4/h9-10H,1-8H3/t9-,10-,17-,18-/m0/s1. The lowest BCUT2D eigenvalue weighted by Gasteiger charge is -2.29. The second-order valence-corrected chi connectivity index (χ2v) is 7.95. The summed E-state index contributed by atoms with van der Waals surface area (Å²) < 4.78 is 19.8. The summed E-state index contributed by atoms with van der Waals surface area (Å²) in [4.78, 5) is 50.9. The highest BCUT2D eigenvalue weighted by Gasteiger charge is 3.00. The van der Waals surface area contributed by atoms with Crippen molar-refractivity contribution in [2.24, 2.45) is 33.5 Å². The molecule has 4 atom stereocenters. The van der Waals surface area contributed by atoms with Gasteiger partial charge in [-0.3, -0.25) is 19.2 Å². The molecule has 0 aromatic rings. The summed E-state index contributed by atoms with van der Waals surface area (Å²) >= 11 is 0. The first kappa shape index (κ1) is 20.2. The third-order valence-corrected chi connectivity index (χ3v) is 6.69. The minimum atomic E-state index is -1.60. The van der Waals surface area contributed by atoms with Gasteiger partial charge in [-0.15, -0.1) is 0 Å². The van der Waals surface area contributed by atoms with E-state index < -0.39 is 57.4 Å². The first-order valence-corrected chi connectivity index (χ1v) is 8.25. The molecule has 0 radical (unpaired) electrons. The van der Waals surface area contributed by atoms with Crippen molar-refractivity contribution in [3.05, 3.63) is 0 Å². The van der Waals surface area contributed by atoms with Gasteiger partial charge >= 0.3 is 23.9 Å². The topological polar surface area (TPSA) is 105 Å². The van der Waals surface area contributed by atoms with Crippen LogP contribution < -0.4 is 0 Å². The molecule has 2 fully saturated rings. The molecular weight excluding hydrogens is 344 g/mol. The molecule has 0 heterocycles. The zero-order chi connectivity index (χ0) is 20.3. The van der Waals surface area contributed by atoms with Crippen LogP contribution in [0.15, 0.2) is 0 Å². The Bertz CT molecular complexity index is 621. The van der Waals surface area contributed by atoms with E-state index in [9.17, 15) is 19.2 Å². The maximum Gasteiger partial charge on any atom is 0.314 e. The SMILES string of the molecule is COC(=O)[C@H]1C(C)(C)[C@]1(C(=O)OC)[C@]1(C(=O)OC)[C@@H](C(=O)OC)C1(C)C. The second-order valence-electron chi connectivity index (χ2n) is 7.95. The Morgan fingerprint density at radius 1 is 0.577 bits per heavy atom. The molecule has 0 aromatic carbocycles. The fourth-order valence-corrected chi connectivity index (χ4v) is 5.58. The Labute approximate surface area is 152 Å². The van der Waals surface area contributed by atoms with Crippen LogP contribution >= 0.6 is 0 Å². The number of ether oxygens (including phenoxy) is 4. The molecule has 2 rings (SSSR count). The smallest absolute Gasteiger partial charge is 0.314 e. The highest BCUT2D eigenvalue weighted by Crippen LogP contribution is 2.90. The van der Waals surface area contributed by atoms with Crippen molar-refractivity contribution in [2.75, 3.05) is 28.4 Å². The third kappa shape index (κ3) is 1.80. The van der Waals surface area contributed by atoms with E-state index in [1.54, 1.807) is 27.7 Å². The molecule has 0 N–H and O–H groups in total. The van der Waals surface area contributed by atoms with Crippen LogP contribution in [0.2, 0.25) is 0 Å². The molecule has 8 heteroatoms. The molecule has 0 aliphatic heterocycles. The average molecular weight is 370 g/mol. The van der Waals surface area contributed by atoms with Gasteiger partial charge in [0, 0.05) is 0 Å². The van der Waals surface area contributed by atoms with Gasteiger partial charge < -0.3 is 18.9 Å². The van der Waals surface area contributed by atoms with E-state index >= 15 is 0 Å². The number of carbonyl (C=O) groups is 4. The van der Waals surface area contributed by atoms with Crippen LogP contribution in [0.3, 0.4) is 0 Å². The molecule has 0 saturated heterocycles. The summed E-state index contributed by atoms with van der Waals surface area (Å²) in [5.74, 6) is -4.70. The number of hydrogen-bond donors (Lipinski definition) is 0. The van der Waals surface area contributed by atoms with Crippen LogP contribution in [0.4, 0.5) is 0 Å². The van der Waals surface area contributed by atoms with E-state index in [4.69, 9.17) is 18.9 Å². The van der Waals surface area contributed by atoms with Gasteiger partial charge in [-0.1, -0.05) is 27.7 Å². The molecule has 2 aliphatic carbocycles. The van der Waals surface area contributed by atoms with Crippen molar-refractivity contribution < 1.29 is 38.1 Å². The first-order valence-electron chi connectivity index (χ1n) is 8.25. The molecule has 0 aromatic heterocycles. The number of carbonyl (C=O) groups excluding carboxylic acids is 4. The maximum absolute atomic E-state index is 13.0. The fraction of sp³-hybridized carbons (Fsp3) is 0.778. The first-order chi connectivity index (χ1) is 11.9. The number of hydrogen-bond acceptors (Lipinski definition) is 8. The summed E-state index contributed by atoms with van der Waals surface area (Å²) in [7, 11) is 4.78. The van der Waals surface area contributed by atoms with Crippen molar-refractivity contribution in [1.29, 1.82) is 0 Å². The highest BCUT2D eigenvalue weighted by molar-refractivity contribution is 6.05. The Morgan fingerprint density at radius 2 is 0.846 bits per heavy atom. The number of esters is 4. The average Bonchev–Trinajstić information content (AvgIpc) is 3.34. The van der Waals surface area contributed by atoms with Crippen LogP contribution in [-0.4, -0.2) is 52.3 Å². The van der Waals surface area contributed by atoms with Crippen molar-refractivity contribution in [3.8, 4) is 0 Å². The van der Waals surface area contributed by atoms with Gasteiger partial charge in [-0.2, -0.15) is 0 Å². The molecule has 2 saturated carbocycles. The summed E-state index contributed by atoms with van der Waals surface area (Å²) in [5.41, 5.74) is -5.17. The minimum Gasteiger partial charge on any atom is -0.469 e. The normalized spacial score (nSPS) is 35.7. The van der Waals surface area contributed by atoms with Crippen LogP contribution in [-0.2, 0) is 38.1 Å². The van der Waals surface area contributed by atoms with Gasteiger partial charge in [0.1, 0.15) is 10.8 Å². The van der Waals surface area contributed by atoms with Gasteiger partial charge in [0.25, 0.3) is 0 Å². The molecule has 0 unspecified atom stereocenters. The molecule has 26 heavy (non-hydrogen) atoms. The summed E-state index contributed by atoms with van der Waals surface area (Å²) in [6.07, 6.45) is 0. The zero-order valence-corrected chi connectivity index (χ0v) is 16.4. The van der Waals surface area contributed by atoms with Crippen molar-refractivity contribution in [1.82, 2.24) is 0 Å². The molecule has 8 nitrogen and oxygen atoms in total. The van der Waals surface area contributed by atoms with Crippen LogP contribution in [0.1, 0.15) is 27.7 Å². The van der Waals surface area contributed by atoms with Crippen LogP contribution in [0, 0.1) is 33.5 Å². The van der Waals surface area contributed by atoms with Gasteiger partial charge in [-0.05, 0) is 10.8 Å². The van der Waals surface area contributed by atoms with E-state index in [-0.39, 0.29) is 0 Å². The summed E-state index contributed by atoms with van der Waals surface area (Å²) in [6, 6.07) is 0. The quantitative estimate of drug-likeness (QED) is 0.521. The summed E-state index contributed by atoms with van der Waals surface area (Å²) in [5, 5.41) is 0. The molecule has 146 valence electrons. The predicted octanol–water partition coefficient (Wildman–Crippen LogP) is 0.963. The van der Waals surface area contributed by atoms with Gasteiger partial charge in [0.2, 0.25) is 0 Å². The van der Waals surface area contributed by atoms with Crippen LogP contribution in [0.25, 0.3) is 0 Å². The lowest BCUT2D eigenvalue weighted by Crippen LogP contribution is -2.44. The van der Waals surface area contributed by atoms with Gasteiger partial charge in [0.05, 0.1) is 40.3 Å². The minimum absolute atomic E-state index is 0.644. The van der Waals surface area contributed by atoms with E-state index in [1.165, 1.54) is 28.4 Å². The van der Waals surface area contributed by atoms with E-state index in [2.05, 4.69) is 0 Å². The maximum atomic E-state index is 13.0. The Hall–Kier alpha value is -2.12. The Kier molecular flexibility index (Phi) is 4.42. The second kappa shape index (κ2) is 5.69.